The van der Waals surface area contributed by atoms with Gasteiger partial charge in [-0.2, -0.15) is 10.2 Å². The van der Waals surface area contributed by atoms with Gasteiger partial charge in [0, 0.05) is 31.2 Å². The van der Waals surface area contributed by atoms with Crippen LogP contribution in [-0.4, -0.2) is 47.7 Å². The van der Waals surface area contributed by atoms with Crippen LogP contribution in [0.5, 0.6) is 0 Å². The number of aromatic nitrogens is 5. The summed E-state index contributed by atoms with van der Waals surface area (Å²) < 4.78 is 19.6. The lowest BCUT2D eigenvalue weighted by Crippen LogP contribution is -2.49. The lowest BCUT2D eigenvalue weighted by Gasteiger charge is -2.44. The first-order valence-electron chi connectivity index (χ1n) is 12.0. The number of carbonyl (C=O) groups is 1. The molecule has 1 fully saturated rings. The second-order valence-corrected chi connectivity index (χ2v) is 11.1. The number of hydrogen-bond donors (Lipinski definition) is 0. The molecule has 2 aliphatic rings. The Labute approximate surface area is 216 Å². The molecule has 1 saturated heterocycles. The van der Waals surface area contributed by atoms with E-state index < -0.39 is 5.41 Å². The zero-order valence-corrected chi connectivity index (χ0v) is 21.4. The summed E-state index contributed by atoms with van der Waals surface area (Å²) in [6, 6.07) is 6.32. The number of nitrogens with zero attached hydrogens (tertiary/aromatic N) is 6. The van der Waals surface area contributed by atoms with E-state index in [9.17, 15) is 9.18 Å². The van der Waals surface area contributed by atoms with Crippen molar-refractivity contribution in [2.75, 3.05) is 13.1 Å². The summed E-state index contributed by atoms with van der Waals surface area (Å²) >= 11 is 3.10. The minimum atomic E-state index is -0.706. The van der Waals surface area contributed by atoms with Crippen LogP contribution >= 0.6 is 23.3 Å². The predicted molar refractivity (Wildman–Crippen MR) is 139 cm³/mol. The Morgan fingerprint density at radius 3 is 2.86 bits per heavy atom. The lowest BCUT2D eigenvalue weighted by molar-refractivity contribution is 0.0776. The van der Waals surface area contributed by atoms with Crippen molar-refractivity contribution in [1.82, 2.24) is 28.9 Å². The lowest BCUT2D eigenvalue weighted by atomic mass is 9.65. The minimum Gasteiger partial charge on any atom is -0.291 e. The first-order chi connectivity index (χ1) is 17.6. The fourth-order valence-electron chi connectivity index (χ4n) is 5.14. The molecule has 4 heterocycles. The van der Waals surface area contributed by atoms with Crippen LogP contribution in [0, 0.1) is 11.2 Å². The summed E-state index contributed by atoms with van der Waals surface area (Å²) in [7, 11) is 0. The topological polar surface area (TPSA) is 68.8 Å². The van der Waals surface area contributed by atoms with E-state index in [1.54, 1.807) is 29.6 Å². The number of fused-ring (bicyclic) bond motifs is 2. The van der Waals surface area contributed by atoms with Crippen molar-refractivity contribution >= 4 is 35.1 Å². The molecule has 1 aliphatic heterocycles. The van der Waals surface area contributed by atoms with E-state index in [1.165, 1.54) is 23.5 Å². The van der Waals surface area contributed by atoms with Gasteiger partial charge in [0.1, 0.15) is 11.5 Å². The van der Waals surface area contributed by atoms with Crippen LogP contribution in [-0.2, 0) is 13.0 Å². The van der Waals surface area contributed by atoms with Gasteiger partial charge in [-0.15, -0.1) is 11.3 Å². The van der Waals surface area contributed by atoms with Gasteiger partial charge in [0.25, 0.3) is 0 Å². The molecule has 0 saturated carbocycles. The highest BCUT2D eigenvalue weighted by molar-refractivity contribution is 7.97. The zero-order valence-electron chi connectivity index (χ0n) is 19.8. The van der Waals surface area contributed by atoms with Crippen LogP contribution in [0.3, 0.4) is 0 Å². The number of piperidine rings is 1. The van der Waals surface area contributed by atoms with E-state index in [4.69, 9.17) is 0 Å². The minimum absolute atomic E-state index is 0.0576. The maximum Gasteiger partial charge on any atom is 0.193 e. The van der Waals surface area contributed by atoms with Crippen molar-refractivity contribution < 1.29 is 9.18 Å². The molecule has 3 aromatic heterocycles. The van der Waals surface area contributed by atoms with Crippen LogP contribution < -0.4 is 0 Å². The summed E-state index contributed by atoms with van der Waals surface area (Å²) in [5.74, 6) is -0.224. The van der Waals surface area contributed by atoms with Gasteiger partial charge >= 0.3 is 0 Å². The second-order valence-electron chi connectivity index (χ2n) is 9.22. The molecule has 0 amide bonds. The molecule has 184 valence electrons. The van der Waals surface area contributed by atoms with Crippen molar-refractivity contribution in [1.29, 1.82) is 0 Å². The summed E-state index contributed by atoms with van der Waals surface area (Å²) in [5.41, 5.74) is 5.39. The van der Waals surface area contributed by atoms with E-state index in [1.807, 2.05) is 27.1 Å². The van der Waals surface area contributed by atoms with Gasteiger partial charge in [0.15, 0.2) is 5.78 Å². The monoisotopic (exact) mass is 520 g/mol. The molecule has 7 nitrogen and oxygen atoms in total. The Hall–Kier alpha value is -3.08. The standard InChI is InChI=1S/C26H25FN6OS2/c1-2-8-31-14-22(13-29-31)36-32-9-7-19-10-24-18(12-30-33(24)21-5-3-20(27)4-6-21)11-26(19,16-32)25(34)23-15-35-17-28-23/h3-6,10,12-15,17H,2,7-9,11,16H2,1H3. The molecule has 36 heavy (non-hydrogen) atoms. The van der Waals surface area contributed by atoms with Gasteiger partial charge in [0.2, 0.25) is 0 Å². The Morgan fingerprint density at radius 1 is 1.22 bits per heavy atom. The van der Waals surface area contributed by atoms with E-state index in [0.717, 1.165) is 53.3 Å². The van der Waals surface area contributed by atoms with Crippen molar-refractivity contribution in [3.63, 3.8) is 0 Å². The fourth-order valence-corrected chi connectivity index (χ4v) is 6.70. The third-order valence-corrected chi connectivity index (χ3v) is 8.43. The predicted octanol–water partition coefficient (Wildman–Crippen LogP) is 5.30. The number of rotatable bonds is 7. The van der Waals surface area contributed by atoms with Crippen LogP contribution in [0.4, 0.5) is 4.39 Å². The maximum atomic E-state index is 14.0. The number of aryl methyl sites for hydroxylation is 1. The number of hydrogen-bond acceptors (Lipinski definition) is 7. The number of benzene rings is 1. The molecule has 4 aromatic rings. The van der Waals surface area contributed by atoms with Crippen molar-refractivity contribution in [2.24, 2.45) is 5.41 Å². The second kappa shape index (κ2) is 9.42. The highest BCUT2D eigenvalue weighted by atomic mass is 32.2. The molecule has 0 bridgehead atoms. The Balaban J connectivity index is 1.35. The van der Waals surface area contributed by atoms with Crippen LogP contribution in [0.15, 0.2) is 64.2 Å². The van der Waals surface area contributed by atoms with Crippen molar-refractivity contribution in [3.05, 3.63) is 82.1 Å². The Kier molecular flexibility index (Phi) is 6.10. The molecular formula is C26H25FN6OS2. The van der Waals surface area contributed by atoms with Crippen molar-refractivity contribution in [3.8, 4) is 5.69 Å². The fraction of sp³-hybridized carbons (Fsp3) is 0.308. The quantitative estimate of drug-likeness (QED) is 0.243. The van der Waals surface area contributed by atoms with Gasteiger partial charge in [-0.05, 0) is 67.1 Å². The zero-order chi connectivity index (χ0) is 24.7. The van der Waals surface area contributed by atoms with Gasteiger partial charge in [-0.3, -0.25) is 9.48 Å². The molecule has 1 unspecified atom stereocenters. The average molecular weight is 521 g/mol. The molecule has 1 atom stereocenters. The van der Waals surface area contributed by atoms with Gasteiger partial charge in [0.05, 0.1) is 39.6 Å². The molecular weight excluding hydrogens is 495 g/mol. The average Bonchev–Trinajstić information content (AvgIpc) is 3.65. The van der Waals surface area contributed by atoms with E-state index in [0.29, 0.717) is 18.7 Å². The summed E-state index contributed by atoms with van der Waals surface area (Å²) in [5, 5.41) is 10.9. The highest BCUT2D eigenvalue weighted by Gasteiger charge is 2.49. The highest BCUT2D eigenvalue weighted by Crippen LogP contribution is 2.48. The van der Waals surface area contributed by atoms with E-state index in [-0.39, 0.29) is 11.6 Å². The van der Waals surface area contributed by atoms with Gasteiger partial charge in [-0.1, -0.05) is 12.5 Å². The van der Waals surface area contributed by atoms with E-state index in [2.05, 4.69) is 38.7 Å². The molecule has 0 radical (unpaired) electrons. The van der Waals surface area contributed by atoms with Gasteiger partial charge in [-0.25, -0.2) is 18.4 Å². The number of ketones is 1. The molecule has 0 spiro atoms. The Bertz CT molecular complexity index is 1420. The number of carbonyl (C=O) groups excluding carboxylic acids is 1. The maximum absolute atomic E-state index is 14.0. The summed E-state index contributed by atoms with van der Waals surface area (Å²) in [6.45, 7) is 4.43. The van der Waals surface area contributed by atoms with Crippen LogP contribution in [0.1, 0.15) is 41.5 Å². The molecule has 1 aliphatic carbocycles. The summed E-state index contributed by atoms with van der Waals surface area (Å²) in [4.78, 5) is 19.5. The third kappa shape index (κ3) is 4.12. The molecule has 1 aromatic carbocycles. The summed E-state index contributed by atoms with van der Waals surface area (Å²) in [6.07, 6.45) is 10.3. The number of Topliss-reactive ketones (excluding diaryl/α,β-unsaturated/α-hetero) is 1. The first kappa shape index (κ1) is 23.3. The normalized spacial score (nSPS) is 19.6. The van der Waals surface area contributed by atoms with E-state index >= 15 is 0 Å². The Morgan fingerprint density at radius 2 is 2.08 bits per heavy atom. The third-order valence-electron chi connectivity index (χ3n) is 6.85. The van der Waals surface area contributed by atoms with Gasteiger partial charge < -0.3 is 0 Å². The smallest absolute Gasteiger partial charge is 0.193 e. The van der Waals surface area contributed by atoms with Crippen LogP contribution in [0.2, 0.25) is 0 Å². The molecule has 10 heteroatoms. The van der Waals surface area contributed by atoms with Crippen molar-refractivity contribution in [2.45, 2.75) is 37.6 Å². The number of halogens is 1. The largest absolute Gasteiger partial charge is 0.291 e. The molecule has 6 rings (SSSR count). The van der Waals surface area contributed by atoms with Crippen LogP contribution in [0.25, 0.3) is 11.8 Å². The first-order valence-corrected chi connectivity index (χ1v) is 13.7. The SMILES string of the molecule is CCCn1cc(SN2CCC3=Cc4c(cnn4-c4ccc(F)cc4)CC3(C(=O)c3cscn3)C2)cn1. The number of thiazole rings is 1. The molecule has 0 N–H and O–H groups in total.